The Balaban J connectivity index is 2.17. The van der Waals surface area contributed by atoms with Gasteiger partial charge in [-0.3, -0.25) is 14.7 Å². The van der Waals surface area contributed by atoms with Gasteiger partial charge in [0.25, 0.3) is 5.69 Å². The Morgan fingerprint density at radius 2 is 1.38 bits per heavy atom. The number of nitro groups is 1. The normalized spacial score (nSPS) is 12.0. The van der Waals surface area contributed by atoms with Gasteiger partial charge in [-0.15, -0.1) is 0 Å². The van der Waals surface area contributed by atoms with Gasteiger partial charge in [0.15, 0.2) is 4.90 Å². The number of phenolic OH excluding ortho intramolecular Hbond substituents is 1. The molecule has 0 radical (unpaired) electrons. The Hall–Kier alpha value is -3.23. The van der Waals surface area contributed by atoms with Crippen LogP contribution in [0.5, 0.6) is 5.75 Å². The summed E-state index contributed by atoms with van der Waals surface area (Å²) in [6, 6.07) is 14.2. The molecule has 0 heterocycles. The van der Waals surface area contributed by atoms with E-state index in [9.17, 15) is 28.2 Å². The maximum atomic E-state index is 11.8. The molecule has 130 valence electrons. The maximum absolute atomic E-state index is 11.8. The summed E-state index contributed by atoms with van der Waals surface area (Å²) >= 11 is 0. The van der Waals surface area contributed by atoms with Crippen molar-refractivity contribution in [2.75, 3.05) is 0 Å². The van der Waals surface area contributed by atoms with Gasteiger partial charge in [0.05, 0.1) is 4.92 Å². The molecule has 0 aliphatic rings. The van der Waals surface area contributed by atoms with Crippen LogP contribution in [-0.2, 0) is 10.1 Å². The van der Waals surface area contributed by atoms with Crippen molar-refractivity contribution in [1.29, 1.82) is 0 Å². The lowest BCUT2D eigenvalue weighted by atomic mass is 9.99. The Bertz CT molecular complexity index is 1340. The molecular formula is C18H11NO6S. The molecular weight excluding hydrogens is 358 g/mol. The summed E-state index contributed by atoms with van der Waals surface area (Å²) in [6.45, 7) is 0. The zero-order chi connectivity index (χ0) is 18.6. The number of nitrogens with zero attached hydrogens (tertiary/aromatic N) is 1. The van der Waals surface area contributed by atoms with Gasteiger partial charge in [0, 0.05) is 11.5 Å². The number of phenols is 1. The number of hydrogen-bond donors (Lipinski definition) is 2. The second-order valence-electron chi connectivity index (χ2n) is 5.95. The van der Waals surface area contributed by atoms with Gasteiger partial charge in [-0.2, -0.15) is 8.42 Å². The molecule has 0 spiro atoms. The van der Waals surface area contributed by atoms with Crippen LogP contribution in [0.1, 0.15) is 0 Å². The highest BCUT2D eigenvalue weighted by molar-refractivity contribution is 7.86. The largest absolute Gasteiger partial charge is 0.508 e. The monoisotopic (exact) mass is 369 g/mol. The van der Waals surface area contributed by atoms with E-state index >= 15 is 0 Å². The van der Waals surface area contributed by atoms with Crippen LogP contribution in [0.4, 0.5) is 5.69 Å². The van der Waals surface area contributed by atoms with Crippen LogP contribution in [0, 0.1) is 10.1 Å². The number of hydrogen-bond acceptors (Lipinski definition) is 5. The van der Waals surface area contributed by atoms with E-state index in [2.05, 4.69) is 0 Å². The fraction of sp³-hybridized carbons (Fsp3) is 0. The molecule has 26 heavy (non-hydrogen) atoms. The maximum Gasteiger partial charge on any atom is 0.302 e. The number of benzene rings is 4. The molecule has 4 aromatic rings. The van der Waals surface area contributed by atoms with E-state index in [1.165, 1.54) is 18.2 Å². The average molecular weight is 369 g/mol. The summed E-state index contributed by atoms with van der Waals surface area (Å²) in [6.07, 6.45) is 0. The molecule has 0 saturated heterocycles. The Morgan fingerprint density at radius 1 is 0.808 bits per heavy atom. The van der Waals surface area contributed by atoms with Crippen molar-refractivity contribution in [1.82, 2.24) is 0 Å². The minimum Gasteiger partial charge on any atom is -0.508 e. The summed E-state index contributed by atoms with van der Waals surface area (Å²) in [5.41, 5.74) is -0.676. The SMILES string of the molecule is O=[N+]([O-])c1ccc2cc3cc4cc(O)ccc4cc3cc2c1S(=O)(=O)O. The van der Waals surface area contributed by atoms with E-state index in [1.807, 2.05) is 6.07 Å². The molecule has 2 N–H and O–H groups in total. The lowest BCUT2D eigenvalue weighted by Gasteiger charge is -2.09. The van der Waals surface area contributed by atoms with Gasteiger partial charge < -0.3 is 5.11 Å². The molecule has 0 aliphatic carbocycles. The van der Waals surface area contributed by atoms with Crippen LogP contribution < -0.4 is 0 Å². The molecule has 0 atom stereocenters. The predicted octanol–water partition coefficient (Wildman–Crippen LogP) is 4.01. The van der Waals surface area contributed by atoms with Crippen LogP contribution >= 0.6 is 0 Å². The van der Waals surface area contributed by atoms with Crippen molar-refractivity contribution in [3.05, 3.63) is 64.7 Å². The van der Waals surface area contributed by atoms with Gasteiger partial charge in [-0.25, -0.2) is 0 Å². The van der Waals surface area contributed by atoms with E-state index in [4.69, 9.17) is 0 Å². The van der Waals surface area contributed by atoms with Crippen molar-refractivity contribution in [3.63, 3.8) is 0 Å². The van der Waals surface area contributed by atoms with Crippen molar-refractivity contribution in [3.8, 4) is 5.75 Å². The summed E-state index contributed by atoms with van der Waals surface area (Å²) in [5, 5.41) is 24.4. The first kappa shape index (κ1) is 16.2. The van der Waals surface area contributed by atoms with Gasteiger partial charge in [-0.1, -0.05) is 6.07 Å². The Labute approximate surface area is 147 Å². The van der Waals surface area contributed by atoms with Crippen molar-refractivity contribution in [2.45, 2.75) is 4.90 Å². The molecule has 0 amide bonds. The molecule has 0 aliphatic heterocycles. The van der Waals surface area contributed by atoms with Gasteiger partial charge >= 0.3 is 10.1 Å². The van der Waals surface area contributed by atoms with E-state index in [0.717, 1.165) is 22.2 Å². The van der Waals surface area contributed by atoms with Crippen LogP contribution in [0.3, 0.4) is 0 Å². The molecule has 0 bridgehead atoms. The summed E-state index contributed by atoms with van der Waals surface area (Å²) < 4.78 is 33.1. The van der Waals surface area contributed by atoms with E-state index in [0.29, 0.717) is 10.8 Å². The lowest BCUT2D eigenvalue weighted by Crippen LogP contribution is -2.04. The smallest absolute Gasteiger partial charge is 0.302 e. The standard InChI is InChI=1S/C18H11NO6S/c20-15-3-1-10-5-14-9-16-11(6-12(14)7-13(10)8-15)2-4-17(19(21)22)18(16)26(23,24)25/h1-9,20H,(H,23,24,25). The zero-order valence-corrected chi connectivity index (χ0v) is 13.9. The highest BCUT2D eigenvalue weighted by atomic mass is 32.2. The van der Waals surface area contributed by atoms with Gasteiger partial charge in [-0.05, 0) is 69.4 Å². The van der Waals surface area contributed by atoms with Gasteiger partial charge in [0.2, 0.25) is 0 Å². The van der Waals surface area contributed by atoms with E-state index in [1.54, 1.807) is 24.3 Å². The first-order valence-corrected chi connectivity index (χ1v) is 8.93. The second kappa shape index (κ2) is 5.38. The fourth-order valence-corrected chi connectivity index (χ4v) is 4.05. The Morgan fingerprint density at radius 3 is 2.08 bits per heavy atom. The number of fused-ring (bicyclic) bond motifs is 3. The zero-order valence-electron chi connectivity index (χ0n) is 13.1. The fourth-order valence-electron chi connectivity index (χ4n) is 3.19. The summed E-state index contributed by atoms with van der Waals surface area (Å²) in [5.74, 6) is 0.127. The molecule has 0 aromatic heterocycles. The molecule has 4 rings (SSSR count). The van der Waals surface area contributed by atoms with Crippen molar-refractivity contribution < 1.29 is 23.0 Å². The Kier molecular flexibility index (Phi) is 3.36. The first-order valence-electron chi connectivity index (χ1n) is 7.49. The third kappa shape index (κ3) is 2.52. The van der Waals surface area contributed by atoms with Crippen molar-refractivity contribution >= 4 is 48.1 Å². The number of rotatable bonds is 2. The van der Waals surface area contributed by atoms with E-state index in [-0.39, 0.29) is 11.1 Å². The molecule has 0 unspecified atom stereocenters. The number of aromatic hydroxyl groups is 1. The number of nitro benzene ring substituents is 1. The summed E-state index contributed by atoms with van der Waals surface area (Å²) in [4.78, 5) is 9.64. The molecule has 0 saturated carbocycles. The minimum absolute atomic E-state index is 0.0762. The van der Waals surface area contributed by atoms with Crippen LogP contribution in [0.15, 0.2) is 59.5 Å². The molecule has 8 heteroatoms. The highest BCUT2D eigenvalue weighted by Gasteiger charge is 2.27. The molecule has 0 fully saturated rings. The van der Waals surface area contributed by atoms with E-state index < -0.39 is 25.6 Å². The third-order valence-electron chi connectivity index (χ3n) is 4.30. The minimum atomic E-state index is -4.80. The first-order chi connectivity index (χ1) is 12.2. The topological polar surface area (TPSA) is 118 Å². The molecule has 7 nitrogen and oxygen atoms in total. The van der Waals surface area contributed by atoms with Crippen molar-refractivity contribution in [2.24, 2.45) is 0 Å². The average Bonchev–Trinajstić information content (AvgIpc) is 2.56. The van der Waals surface area contributed by atoms with Crippen LogP contribution in [0.2, 0.25) is 0 Å². The summed E-state index contributed by atoms with van der Waals surface area (Å²) in [7, 11) is -4.80. The lowest BCUT2D eigenvalue weighted by molar-refractivity contribution is -0.387. The highest BCUT2D eigenvalue weighted by Crippen LogP contribution is 2.35. The predicted molar refractivity (Wildman–Crippen MR) is 97.1 cm³/mol. The third-order valence-corrected chi connectivity index (χ3v) is 5.25. The quantitative estimate of drug-likeness (QED) is 0.239. The van der Waals surface area contributed by atoms with Crippen LogP contribution in [0.25, 0.3) is 32.3 Å². The van der Waals surface area contributed by atoms with Gasteiger partial charge in [0.1, 0.15) is 5.75 Å². The molecule has 4 aromatic carbocycles. The van der Waals surface area contributed by atoms with Crippen LogP contribution in [-0.4, -0.2) is 23.0 Å². The second-order valence-corrected chi connectivity index (χ2v) is 7.31.